The molecule has 0 bridgehead atoms. The van der Waals surface area contributed by atoms with E-state index in [4.69, 9.17) is 51.9 Å². The van der Waals surface area contributed by atoms with E-state index in [1.54, 1.807) is 0 Å². The molecule has 0 N–H and O–H groups in total. The second-order valence-electron chi connectivity index (χ2n) is 0.894. The van der Waals surface area contributed by atoms with Crippen LogP contribution in [-0.4, -0.2) is 113 Å². The molecule has 0 aliphatic rings. The van der Waals surface area contributed by atoms with Gasteiger partial charge in [-0.05, 0) is 0 Å². The molecule has 0 saturated heterocycles. The van der Waals surface area contributed by atoms with Crippen molar-refractivity contribution in [1.29, 1.82) is 0 Å². The van der Waals surface area contributed by atoms with Crippen LogP contribution in [0.1, 0.15) is 0 Å². The van der Waals surface area contributed by atoms with Gasteiger partial charge in [0.25, 0.3) is 0 Å². The van der Waals surface area contributed by atoms with Gasteiger partial charge in [-0.15, -0.1) is 0 Å². The average molecular weight is 389 g/mol. The van der Waals surface area contributed by atoms with Gasteiger partial charge in [0, 0.05) is 0 Å². The Hall–Kier alpha value is 1.67. The van der Waals surface area contributed by atoms with Crippen LogP contribution in [-0.2, 0) is 43.9 Å². The van der Waals surface area contributed by atoms with Crippen molar-refractivity contribution in [3.63, 3.8) is 0 Å². The van der Waals surface area contributed by atoms with Crippen LogP contribution >= 0.6 is 0 Å². The van der Waals surface area contributed by atoms with E-state index in [0.29, 0.717) is 0 Å². The number of hydrogen-bond donors (Lipinski definition) is 4. The Labute approximate surface area is 154 Å². The van der Waals surface area contributed by atoms with E-state index in [0.717, 1.165) is 0 Å². The van der Waals surface area contributed by atoms with Gasteiger partial charge in [0.1, 0.15) is 0 Å². The molecule has 0 fully saturated rings. The first kappa shape index (κ1) is 36.7. The smallest absolute Gasteiger partial charge is 0.750 e. The second-order valence-corrected chi connectivity index (χ2v) is 2.68. The monoisotopic (exact) mass is 388 g/mol. The summed E-state index contributed by atoms with van der Waals surface area (Å²) in [6.45, 7) is 0. The molecule has 0 atom stereocenters. The van der Waals surface area contributed by atoms with Crippen LogP contribution in [0, 0.1) is 0 Å². The molecule has 12 nitrogen and oxygen atoms in total. The summed E-state index contributed by atoms with van der Waals surface area (Å²) in [6.07, 6.45) is 0. The van der Waals surface area contributed by atoms with E-state index in [1.807, 2.05) is 0 Å². The van der Waals surface area contributed by atoms with E-state index in [2.05, 4.69) is 0 Å². The topological polar surface area (TPSA) is 229 Å². The third-order valence-electron chi connectivity index (χ3n) is 0. The number of thiol groups is 4. The summed E-state index contributed by atoms with van der Waals surface area (Å²) in [5.74, 6) is 0. The van der Waals surface area contributed by atoms with Crippen LogP contribution in [0.4, 0.5) is 0 Å². The predicted molar refractivity (Wildman–Crippen MR) is 55.9 cm³/mol. The largest absolute Gasteiger partial charge is 2.00 e. The van der Waals surface area contributed by atoms with Crippen molar-refractivity contribution in [2.45, 2.75) is 0 Å². The fraction of sp³-hybridized carbons (Fsp3) is 0. The number of hydrogen-bond acceptors (Lipinski definition) is 12. The van der Waals surface area contributed by atoms with Gasteiger partial charge in [0.2, 0.25) is 0 Å². The van der Waals surface area contributed by atoms with Crippen molar-refractivity contribution in [3.8, 4) is 0 Å². The van der Waals surface area contributed by atoms with Crippen LogP contribution in [0.15, 0.2) is 0 Å². The van der Waals surface area contributed by atoms with Crippen molar-refractivity contribution in [2.75, 3.05) is 0 Å². The van der Waals surface area contributed by atoms with Gasteiger partial charge in [-0.3, -0.25) is 0 Å². The number of rotatable bonds is 0. The first-order valence-electron chi connectivity index (χ1n) is 2.19. The molecule has 0 spiro atoms. The Morgan fingerprint density at radius 1 is 0.444 bits per heavy atom. The Morgan fingerprint density at radius 3 is 0.444 bits per heavy atom. The van der Waals surface area contributed by atoms with E-state index < -0.39 is 43.9 Å². The minimum Gasteiger partial charge on any atom is -0.750 e. The van der Waals surface area contributed by atoms with Gasteiger partial charge < -0.3 is 18.2 Å². The molecule has 18 heteroatoms. The molecule has 18 heavy (non-hydrogen) atoms. The molecule has 0 saturated carbocycles. The SMILES string of the molecule is O=[SH](=O)[O-].O=[SH](=O)[O-].O=[SH](=O)[O-].O=[SH](=O)[O-].[Ca+2].[Mg+2]. The van der Waals surface area contributed by atoms with Crippen molar-refractivity contribution < 1.29 is 51.9 Å². The quantitative estimate of drug-likeness (QED) is 0.173. The molecule has 0 aromatic rings. The summed E-state index contributed by atoms with van der Waals surface area (Å²) in [5, 5.41) is 0. The first-order chi connectivity index (χ1) is 6.93. The van der Waals surface area contributed by atoms with E-state index >= 15 is 0 Å². The van der Waals surface area contributed by atoms with Gasteiger partial charge in [0.15, 0.2) is 0 Å². The normalized spacial score (nSPS) is 7.56. The third kappa shape index (κ3) is 1770. The molecule has 0 aliphatic carbocycles. The average Bonchev–Trinajstić information content (AvgIpc) is 1.76. The van der Waals surface area contributed by atoms with Crippen LogP contribution in [0.3, 0.4) is 0 Å². The zero-order valence-corrected chi connectivity index (χ0v) is 15.3. The fourth-order valence-corrected chi connectivity index (χ4v) is 0. The zero-order valence-electron chi connectivity index (χ0n) is 8.10. The van der Waals surface area contributed by atoms with Gasteiger partial charge in [0.05, 0.1) is 43.9 Å². The standard InChI is InChI=1S/Ca.Mg.4H2O3S/c;;4*1-4(2)3/h;;4*4H,(H,1,2,3)/q2*+2;;;;/p-4. The minimum absolute atomic E-state index is 0. The van der Waals surface area contributed by atoms with Crippen LogP contribution in [0.5, 0.6) is 0 Å². The summed E-state index contributed by atoms with van der Waals surface area (Å²) in [5.41, 5.74) is 0. The molecule has 104 valence electrons. The van der Waals surface area contributed by atoms with E-state index in [9.17, 15) is 0 Å². The minimum atomic E-state index is -3.37. The Kier molecular flexibility index (Phi) is 63.6. The molecule has 0 radical (unpaired) electrons. The maximum absolute atomic E-state index is 8.48. The van der Waals surface area contributed by atoms with Crippen molar-refractivity contribution >= 4 is 105 Å². The van der Waals surface area contributed by atoms with E-state index in [1.165, 1.54) is 0 Å². The molecular weight excluding hydrogens is 385 g/mol. The molecule has 0 unspecified atom stereocenters. The van der Waals surface area contributed by atoms with Crippen LogP contribution < -0.4 is 0 Å². The van der Waals surface area contributed by atoms with Gasteiger partial charge in [-0.1, -0.05) is 0 Å². The second kappa shape index (κ2) is 31.2. The zero-order chi connectivity index (χ0) is 14.3. The van der Waals surface area contributed by atoms with Gasteiger partial charge in [-0.2, -0.15) is 0 Å². The van der Waals surface area contributed by atoms with Crippen molar-refractivity contribution in [2.24, 2.45) is 0 Å². The fourth-order valence-electron chi connectivity index (χ4n) is 0. The van der Waals surface area contributed by atoms with Crippen LogP contribution in [0.25, 0.3) is 0 Å². The molecule has 0 rings (SSSR count). The summed E-state index contributed by atoms with van der Waals surface area (Å²) in [7, 11) is -13.5. The summed E-state index contributed by atoms with van der Waals surface area (Å²) in [6, 6.07) is 0. The molecule has 0 heterocycles. The predicted octanol–water partition coefficient (Wildman–Crippen LogP) is -5.85. The van der Waals surface area contributed by atoms with Gasteiger partial charge >= 0.3 is 60.8 Å². The van der Waals surface area contributed by atoms with Crippen molar-refractivity contribution in [3.05, 3.63) is 0 Å². The molecule has 0 aliphatic heterocycles. The summed E-state index contributed by atoms with van der Waals surface area (Å²) >= 11 is 0. The summed E-state index contributed by atoms with van der Waals surface area (Å²) < 4.78 is 102. The van der Waals surface area contributed by atoms with E-state index in [-0.39, 0.29) is 60.8 Å². The van der Waals surface area contributed by atoms with Gasteiger partial charge in [-0.25, -0.2) is 33.7 Å². The third-order valence-corrected chi connectivity index (χ3v) is 0. The first-order valence-corrected chi connectivity index (χ1v) is 6.57. The summed E-state index contributed by atoms with van der Waals surface area (Å²) in [4.78, 5) is 0. The molecule has 0 aromatic heterocycles. The Morgan fingerprint density at radius 2 is 0.444 bits per heavy atom. The maximum atomic E-state index is 8.48. The Balaban J connectivity index is -0.0000000257. The molecule has 0 aromatic carbocycles. The maximum Gasteiger partial charge on any atom is 2.00 e. The Bertz CT molecular complexity index is 298. The van der Waals surface area contributed by atoms with Crippen molar-refractivity contribution in [1.82, 2.24) is 0 Å². The van der Waals surface area contributed by atoms with Crippen LogP contribution in [0.2, 0.25) is 0 Å². The molecular formula is H4CaMgO12S4. The molecule has 0 amide bonds.